The zero-order valence-electron chi connectivity index (χ0n) is 14.9. The van der Waals surface area contributed by atoms with Crippen LogP contribution in [0.4, 0.5) is 23.5 Å². The molecule has 4 nitrogen and oxygen atoms in total. The smallest absolute Gasteiger partial charge is 0.330 e. The highest BCUT2D eigenvalue weighted by Gasteiger charge is 2.34. The summed E-state index contributed by atoms with van der Waals surface area (Å²) in [7, 11) is 0. The van der Waals surface area contributed by atoms with Gasteiger partial charge in [-0.25, -0.2) is 14.4 Å². The van der Waals surface area contributed by atoms with Crippen LogP contribution in [0.1, 0.15) is 36.6 Å². The maximum Gasteiger partial charge on any atom is 0.433 e. The van der Waals surface area contributed by atoms with Crippen LogP contribution in [0.15, 0.2) is 48.7 Å². The minimum Gasteiger partial charge on any atom is -0.330 e. The van der Waals surface area contributed by atoms with Crippen molar-refractivity contribution in [2.24, 2.45) is 0 Å². The number of alkyl halides is 3. The number of imidazole rings is 1. The average molecular weight is 390 g/mol. The SMILES string of the molecule is C=C(Cc1ccc(F)cc1)Nc1nc2ccc(C(F)(F)F)nc2n1C1CCC1. The molecule has 2 heterocycles. The molecule has 0 unspecified atom stereocenters. The molecule has 1 aliphatic carbocycles. The Morgan fingerprint density at radius 2 is 1.82 bits per heavy atom. The van der Waals surface area contributed by atoms with Gasteiger partial charge in [-0.15, -0.1) is 0 Å². The lowest BCUT2D eigenvalue weighted by molar-refractivity contribution is -0.141. The molecule has 0 amide bonds. The lowest BCUT2D eigenvalue weighted by Crippen LogP contribution is -2.20. The fourth-order valence-corrected chi connectivity index (χ4v) is 3.26. The quantitative estimate of drug-likeness (QED) is 0.587. The first kappa shape index (κ1) is 18.5. The van der Waals surface area contributed by atoms with E-state index in [0.717, 1.165) is 30.9 Å². The number of anilines is 1. The first-order valence-electron chi connectivity index (χ1n) is 8.96. The predicted octanol–water partition coefficient (Wildman–Crippen LogP) is 5.48. The Bertz CT molecular complexity index is 1020. The molecule has 28 heavy (non-hydrogen) atoms. The molecule has 1 fully saturated rings. The van der Waals surface area contributed by atoms with E-state index in [1.54, 1.807) is 16.7 Å². The Morgan fingerprint density at radius 3 is 2.43 bits per heavy atom. The van der Waals surface area contributed by atoms with Gasteiger partial charge in [-0.1, -0.05) is 18.7 Å². The van der Waals surface area contributed by atoms with Crippen LogP contribution in [0.3, 0.4) is 0 Å². The number of aromatic nitrogens is 3. The third kappa shape index (κ3) is 3.58. The van der Waals surface area contributed by atoms with Gasteiger partial charge >= 0.3 is 6.18 Å². The third-order valence-electron chi connectivity index (χ3n) is 4.89. The predicted molar refractivity (Wildman–Crippen MR) is 98.3 cm³/mol. The van der Waals surface area contributed by atoms with Crippen molar-refractivity contribution in [1.29, 1.82) is 0 Å². The van der Waals surface area contributed by atoms with Gasteiger partial charge in [0.2, 0.25) is 5.95 Å². The average Bonchev–Trinajstić information content (AvgIpc) is 2.92. The van der Waals surface area contributed by atoms with Gasteiger partial charge < -0.3 is 5.32 Å². The highest BCUT2D eigenvalue weighted by molar-refractivity contribution is 5.75. The summed E-state index contributed by atoms with van der Waals surface area (Å²) in [5.41, 5.74) is 1.16. The van der Waals surface area contributed by atoms with Crippen molar-refractivity contribution >= 4 is 17.1 Å². The lowest BCUT2D eigenvalue weighted by Gasteiger charge is -2.29. The summed E-state index contributed by atoms with van der Waals surface area (Å²) < 4.78 is 54.0. The summed E-state index contributed by atoms with van der Waals surface area (Å²) in [6.45, 7) is 3.98. The van der Waals surface area contributed by atoms with Crippen LogP contribution >= 0.6 is 0 Å². The summed E-state index contributed by atoms with van der Waals surface area (Å²) in [4.78, 5) is 8.27. The molecule has 1 N–H and O–H groups in total. The second kappa shape index (κ2) is 6.92. The van der Waals surface area contributed by atoms with Crippen molar-refractivity contribution in [3.8, 4) is 0 Å². The van der Waals surface area contributed by atoms with Crippen molar-refractivity contribution in [2.75, 3.05) is 5.32 Å². The zero-order chi connectivity index (χ0) is 19.9. The van der Waals surface area contributed by atoms with Crippen LogP contribution in [-0.4, -0.2) is 14.5 Å². The van der Waals surface area contributed by atoms with Crippen LogP contribution < -0.4 is 5.32 Å². The Morgan fingerprint density at radius 1 is 1.11 bits per heavy atom. The Kier molecular flexibility index (Phi) is 4.56. The molecule has 1 saturated carbocycles. The molecular weight excluding hydrogens is 372 g/mol. The van der Waals surface area contributed by atoms with Gasteiger partial charge in [0.05, 0.1) is 0 Å². The van der Waals surface area contributed by atoms with Crippen LogP contribution in [0.25, 0.3) is 11.2 Å². The largest absolute Gasteiger partial charge is 0.433 e. The van der Waals surface area contributed by atoms with E-state index in [2.05, 4.69) is 21.9 Å². The standard InChI is InChI=1S/C20H18F4N4/c1-12(11-13-5-7-14(21)8-6-13)25-19-26-16-9-10-17(20(22,23)24)27-18(16)28(19)15-3-2-4-15/h5-10,15H,1-4,11H2,(H,25,26). The van der Waals surface area contributed by atoms with E-state index < -0.39 is 11.9 Å². The zero-order valence-corrected chi connectivity index (χ0v) is 14.9. The number of halogens is 4. The van der Waals surface area contributed by atoms with E-state index >= 15 is 0 Å². The van der Waals surface area contributed by atoms with Crippen LogP contribution in [0.2, 0.25) is 0 Å². The second-order valence-corrected chi connectivity index (χ2v) is 6.96. The number of nitrogens with zero attached hydrogens (tertiary/aromatic N) is 3. The first-order chi connectivity index (χ1) is 13.3. The van der Waals surface area contributed by atoms with Crippen molar-refractivity contribution in [1.82, 2.24) is 14.5 Å². The van der Waals surface area contributed by atoms with Crippen molar-refractivity contribution in [2.45, 2.75) is 37.9 Å². The molecule has 0 saturated heterocycles. The highest BCUT2D eigenvalue weighted by atomic mass is 19.4. The Balaban J connectivity index is 1.65. The van der Waals surface area contributed by atoms with Gasteiger partial charge in [-0.3, -0.25) is 4.57 Å². The van der Waals surface area contributed by atoms with Gasteiger partial charge in [-0.05, 0) is 49.1 Å². The molecule has 3 aromatic rings. The maximum absolute atomic E-state index is 13.1. The van der Waals surface area contributed by atoms with E-state index in [4.69, 9.17) is 0 Å². The fourth-order valence-electron chi connectivity index (χ4n) is 3.26. The van der Waals surface area contributed by atoms with E-state index in [1.165, 1.54) is 18.2 Å². The van der Waals surface area contributed by atoms with Crippen LogP contribution in [0, 0.1) is 5.82 Å². The first-order valence-corrected chi connectivity index (χ1v) is 8.96. The summed E-state index contributed by atoms with van der Waals surface area (Å²) in [5, 5.41) is 3.11. The number of fused-ring (bicyclic) bond motifs is 1. The van der Waals surface area contributed by atoms with Crippen LogP contribution in [0.5, 0.6) is 0 Å². The number of allylic oxidation sites excluding steroid dienone is 1. The van der Waals surface area contributed by atoms with Gasteiger partial charge in [-0.2, -0.15) is 13.2 Å². The molecule has 0 spiro atoms. The minimum atomic E-state index is -4.51. The molecular formula is C20H18F4N4. The second-order valence-electron chi connectivity index (χ2n) is 6.96. The number of hydrogen-bond donors (Lipinski definition) is 1. The molecule has 1 aromatic carbocycles. The van der Waals surface area contributed by atoms with E-state index in [1.807, 2.05) is 0 Å². The molecule has 0 radical (unpaired) electrons. The Labute approximate surface area is 158 Å². The molecule has 0 aliphatic heterocycles. The monoisotopic (exact) mass is 390 g/mol. The van der Waals surface area contributed by atoms with Crippen molar-refractivity contribution in [3.05, 3.63) is 65.7 Å². The number of benzene rings is 1. The van der Waals surface area contributed by atoms with Crippen molar-refractivity contribution in [3.63, 3.8) is 0 Å². The minimum absolute atomic E-state index is 0.0575. The molecule has 0 atom stereocenters. The summed E-state index contributed by atoms with van der Waals surface area (Å²) >= 11 is 0. The number of pyridine rings is 1. The van der Waals surface area contributed by atoms with Gasteiger partial charge in [0.25, 0.3) is 0 Å². The lowest BCUT2D eigenvalue weighted by atomic mass is 9.93. The van der Waals surface area contributed by atoms with Gasteiger partial charge in [0.1, 0.15) is 17.0 Å². The van der Waals surface area contributed by atoms with Gasteiger partial charge in [0, 0.05) is 18.2 Å². The molecule has 146 valence electrons. The van der Waals surface area contributed by atoms with E-state index in [9.17, 15) is 17.6 Å². The topological polar surface area (TPSA) is 42.7 Å². The van der Waals surface area contributed by atoms with Crippen LogP contribution in [-0.2, 0) is 12.6 Å². The number of nitrogens with one attached hydrogen (secondary N) is 1. The van der Waals surface area contributed by atoms with E-state index in [-0.39, 0.29) is 17.5 Å². The summed E-state index contributed by atoms with van der Waals surface area (Å²) in [5.74, 6) is 0.110. The molecule has 1 aliphatic rings. The maximum atomic E-state index is 13.1. The van der Waals surface area contributed by atoms with Gasteiger partial charge in [0.15, 0.2) is 5.65 Å². The molecule has 2 aromatic heterocycles. The number of rotatable bonds is 5. The molecule has 0 bridgehead atoms. The molecule has 4 rings (SSSR count). The summed E-state index contributed by atoms with van der Waals surface area (Å²) in [6.07, 6.45) is -1.33. The third-order valence-corrected chi connectivity index (χ3v) is 4.89. The Hall–Kier alpha value is -2.90. The fraction of sp³-hybridized carbons (Fsp3) is 0.300. The van der Waals surface area contributed by atoms with Crippen molar-refractivity contribution < 1.29 is 17.6 Å². The molecule has 8 heteroatoms. The van der Waals surface area contributed by atoms with E-state index in [0.29, 0.717) is 23.6 Å². The highest BCUT2D eigenvalue weighted by Crippen LogP contribution is 2.38. The summed E-state index contributed by atoms with van der Waals surface area (Å²) in [6, 6.07) is 8.40. The normalized spacial score (nSPS) is 14.9. The number of hydrogen-bond acceptors (Lipinski definition) is 3.